The van der Waals surface area contributed by atoms with Crippen LogP contribution in [0.15, 0.2) is 16.6 Å². The number of nitro groups is 1. The summed E-state index contributed by atoms with van der Waals surface area (Å²) in [6.45, 7) is 1.49. The van der Waals surface area contributed by atoms with E-state index in [1.165, 1.54) is 19.1 Å². The fraction of sp³-hybridized carbons (Fsp3) is 0.125. The van der Waals surface area contributed by atoms with Crippen molar-refractivity contribution in [1.29, 1.82) is 0 Å². The largest absolute Gasteiger partial charge is 0.366 e. The SMILES string of the molecule is Cc1c(C(N)=O)ccc(Br)c1[N+](=O)[O-]. The van der Waals surface area contributed by atoms with Crippen LogP contribution in [0.5, 0.6) is 0 Å². The number of amides is 1. The van der Waals surface area contributed by atoms with Gasteiger partial charge in [0.05, 0.1) is 9.40 Å². The van der Waals surface area contributed by atoms with Gasteiger partial charge in [0.1, 0.15) is 0 Å². The molecule has 1 rings (SSSR count). The normalized spacial score (nSPS) is 9.86. The maximum Gasteiger partial charge on any atom is 0.287 e. The zero-order valence-electron chi connectivity index (χ0n) is 7.28. The van der Waals surface area contributed by atoms with Crippen LogP contribution >= 0.6 is 15.9 Å². The molecule has 0 saturated carbocycles. The van der Waals surface area contributed by atoms with E-state index in [1.807, 2.05) is 0 Å². The molecule has 2 N–H and O–H groups in total. The summed E-state index contributed by atoms with van der Waals surface area (Å²) in [6, 6.07) is 2.89. The number of nitrogens with zero attached hydrogens (tertiary/aromatic N) is 1. The van der Waals surface area contributed by atoms with E-state index in [4.69, 9.17) is 5.73 Å². The van der Waals surface area contributed by atoms with Crippen LogP contribution in [-0.2, 0) is 0 Å². The molecule has 74 valence electrons. The second-order valence-corrected chi connectivity index (χ2v) is 3.54. The molecule has 0 aliphatic rings. The van der Waals surface area contributed by atoms with E-state index >= 15 is 0 Å². The molecule has 0 aliphatic heterocycles. The maximum absolute atomic E-state index is 10.9. The summed E-state index contributed by atoms with van der Waals surface area (Å²) in [7, 11) is 0. The number of benzene rings is 1. The minimum absolute atomic E-state index is 0.124. The first-order valence-electron chi connectivity index (χ1n) is 3.68. The maximum atomic E-state index is 10.9. The van der Waals surface area contributed by atoms with Gasteiger partial charge in [-0.15, -0.1) is 0 Å². The van der Waals surface area contributed by atoms with Crippen molar-refractivity contribution in [3.05, 3.63) is 37.8 Å². The number of primary amides is 1. The summed E-state index contributed by atoms with van der Waals surface area (Å²) < 4.78 is 0.338. The van der Waals surface area contributed by atoms with E-state index < -0.39 is 10.8 Å². The lowest BCUT2D eigenvalue weighted by molar-refractivity contribution is -0.386. The van der Waals surface area contributed by atoms with Crippen LogP contribution in [0.25, 0.3) is 0 Å². The third-order valence-corrected chi connectivity index (χ3v) is 2.47. The van der Waals surface area contributed by atoms with Crippen molar-refractivity contribution in [3.63, 3.8) is 0 Å². The number of halogens is 1. The van der Waals surface area contributed by atoms with Crippen molar-refractivity contribution in [2.75, 3.05) is 0 Å². The molecule has 0 unspecified atom stereocenters. The molecule has 0 radical (unpaired) electrons. The molecule has 1 amide bonds. The van der Waals surface area contributed by atoms with Gasteiger partial charge in [-0.1, -0.05) is 0 Å². The molecule has 1 aromatic rings. The molecule has 6 heteroatoms. The van der Waals surface area contributed by atoms with E-state index in [0.29, 0.717) is 4.47 Å². The third kappa shape index (κ3) is 1.74. The van der Waals surface area contributed by atoms with Gasteiger partial charge in [-0.2, -0.15) is 0 Å². The van der Waals surface area contributed by atoms with Crippen molar-refractivity contribution in [3.8, 4) is 0 Å². The quantitative estimate of drug-likeness (QED) is 0.648. The average Bonchev–Trinajstić information content (AvgIpc) is 2.02. The standard InChI is InChI=1S/C8H7BrN2O3/c1-4-5(8(10)12)2-3-6(9)7(4)11(13)14/h2-3H,1H3,(H2,10,12). The Morgan fingerprint density at radius 2 is 2.14 bits per heavy atom. The molecule has 0 atom stereocenters. The van der Waals surface area contributed by atoms with Crippen LogP contribution in [0.3, 0.4) is 0 Å². The van der Waals surface area contributed by atoms with Crippen molar-refractivity contribution >= 4 is 27.5 Å². The van der Waals surface area contributed by atoms with Crippen molar-refractivity contribution in [2.45, 2.75) is 6.92 Å². The number of hydrogen-bond acceptors (Lipinski definition) is 3. The van der Waals surface area contributed by atoms with Gasteiger partial charge in [0.15, 0.2) is 0 Å². The van der Waals surface area contributed by atoms with Crippen LogP contribution in [0.2, 0.25) is 0 Å². The lowest BCUT2D eigenvalue weighted by Gasteiger charge is -2.03. The second kappa shape index (κ2) is 3.75. The summed E-state index contributed by atoms with van der Waals surface area (Å²) in [6.07, 6.45) is 0. The number of carbonyl (C=O) groups excluding carboxylic acids is 1. The molecular weight excluding hydrogens is 252 g/mol. The molecule has 0 spiro atoms. The fourth-order valence-electron chi connectivity index (χ4n) is 1.16. The van der Waals surface area contributed by atoms with Gasteiger partial charge in [0.2, 0.25) is 5.91 Å². The van der Waals surface area contributed by atoms with Crippen LogP contribution in [0, 0.1) is 17.0 Å². The summed E-state index contributed by atoms with van der Waals surface area (Å²) in [5.41, 5.74) is 5.37. The zero-order valence-corrected chi connectivity index (χ0v) is 8.87. The number of rotatable bonds is 2. The van der Waals surface area contributed by atoms with Crippen LogP contribution in [0.1, 0.15) is 15.9 Å². The van der Waals surface area contributed by atoms with Gasteiger partial charge in [-0.05, 0) is 35.0 Å². The van der Waals surface area contributed by atoms with Crippen molar-refractivity contribution in [1.82, 2.24) is 0 Å². The molecular formula is C8H7BrN2O3. The Morgan fingerprint density at radius 3 is 2.57 bits per heavy atom. The monoisotopic (exact) mass is 258 g/mol. The Balaban J connectivity index is 3.49. The Hall–Kier alpha value is -1.43. The van der Waals surface area contributed by atoms with Gasteiger partial charge >= 0.3 is 0 Å². The lowest BCUT2D eigenvalue weighted by Crippen LogP contribution is -2.13. The first kappa shape index (κ1) is 10.6. The zero-order chi connectivity index (χ0) is 10.9. The van der Waals surface area contributed by atoms with Crippen molar-refractivity contribution in [2.24, 2.45) is 5.73 Å². The molecule has 0 aromatic heterocycles. The van der Waals surface area contributed by atoms with Crippen molar-refractivity contribution < 1.29 is 9.72 Å². The van der Waals surface area contributed by atoms with Crippen LogP contribution in [-0.4, -0.2) is 10.8 Å². The van der Waals surface area contributed by atoms with E-state index in [1.54, 1.807) is 0 Å². The Bertz CT molecular complexity index is 417. The number of carbonyl (C=O) groups is 1. The number of nitro benzene ring substituents is 1. The summed E-state index contributed by atoms with van der Waals surface area (Å²) in [4.78, 5) is 21.0. The van der Waals surface area contributed by atoms with E-state index in [2.05, 4.69) is 15.9 Å². The third-order valence-electron chi connectivity index (χ3n) is 1.83. The minimum atomic E-state index is -0.668. The highest BCUT2D eigenvalue weighted by Gasteiger charge is 2.20. The predicted molar refractivity (Wildman–Crippen MR) is 54.1 cm³/mol. The topological polar surface area (TPSA) is 86.2 Å². The van der Waals surface area contributed by atoms with E-state index in [0.717, 1.165) is 0 Å². The van der Waals surface area contributed by atoms with Crippen LogP contribution < -0.4 is 5.73 Å². The molecule has 0 aliphatic carbocycles. The molecule has 14 heavy (non-hydrogen) atoms. The first-order chi connectivity index (χ1) is 6.45. The van der Waals surface area contributed by atoms with E-state index in [-0.39, 0.29) is 16.8 Å². The molecule has 0 bridgehead atoms. The Morgan fingerprint density at radius 1 is 1.57 bits per heavy atom. The predicted octanol–water partition coefficient (Wildman–Crippen LogP) is 1.76. The molecule has 1 aromatic carbocycles. The second-order valence-electron chi connectivity index (χ2n) is 2.69. The van der Waals surface area contributed by atoms with Gasteiger partial charge < -0.3 is 5.73 Å². The van der Waals surface area contributed by atoms with Crippen LogP contribution in [0.4, 0.5) is 5.69 Å². The smallest absolute Gasteiger partial charge is 0.287 e. The molecule has 5 nitrogen and oxygen atoms in total. The minimum Gasteiger partial charge on any atom is -0.366 e. The Kier molecular flexibility index (Phi) is 2.85. The summed E-state index contributed by atoms with van der Waals surface area (Å²) >= 11 is 3.04. The number of hydrogen-bond donors (Lipinski definition) is 1. The molecule has 0 fully saturated rings. The highest BCUT2D eigenvalue weighted by molar-refractivity contribution is 9.10. The van der Waals surface area contributed by atoms with E-state index in [9.17, 15) is 14.9 Å². The molecule has 0 saturated heterocycles. The number of nitrogens with two attached hydrogens (primary N) is 1. The molecule has 0 heterocycles. The Labute approximate surface area is 88.2 Å². The average molecular weight is 259 g/mol. The van der Waals surface area contributed by atoms with Gasteiger partial charge in [-0.25, -0.2) is 0 Å². The lowest BCUT2D eigenvalue weighted by atomic mass is 10.1. The fourth-order valence-corrected chi connectivity index (χ4v) is 1.73. The summed E-state index contributed by atoms with van der Waals surface area (Å²) in [5, 5.41) is 10.6. The van der Waals surface area contributed by atoms with Gasteiger partial charge in [-0.3, -0.25) is 14.9 Å². The highest BCUT2D eigenvalue weighted by atomic mass is 79.9. The first-order valence-corrected chi connectivity index (χ1v) is 4.47. The van der Waals surface area contributed by atoms with Gasteiger partial charge in [0.25, 0.3) is 5.69 Å². The highest BCUT2D eigenvalue weighted by Crippen LogP contribution is 2.30. The summed E-state index contributed by atoms with van der Waals surface area (Å²) in [5.74, 6) is -0.668. The van der Waals surface area contributed by atoms with Gasteiger partial charge in [0, 0.05) is 11.1 Å².